The van der Waals surface area contributed by atoms with Crippen molar-refractivity contribution in [1.29, 1.82) is 0 Å². The predicted octanol–water partition coefficient (Wildman–Crippen LogP) is 9.60. The average Bonchev–Trinajstić information content (AvgIpc) is 3.75. The lowest BCUT2D eigenvalue weighted by molar-refractivity contribution is -0.154. The molecule has 0 unspecified atom stereocenters. The summed E-state index contributed by atoms with van der Waals surface area (Å²) < 4.78 is 81.9. The molecule has 2 amide bonds. The number of nitrogens with zero attached hydrogens (tertiary/aromatic N) is 1. The van der Waals surface area contributed by atoms with E-state index >= 15 is 0 Å². The van der Waals surface area contributed by atoms with Gasteiger partial charge in [-0.1, -0.05) is 34.7 Å². The van der Waals surface area contributed by atoms with Crippen LogP contribution in [0.4, 0.5) is 26.7 Å². The molecule has 2 aliphatic heterocycles. The summed E-state index contributed by atoms with van der Waals surface area (Å²) in [6, 6.07) is 11.7. The van der Waals surface area contributed by atoms with E-state index in [-0.39, 0.29) is 46.1 Å². The minimum Gasteiger partial charge on any atom is -0.466 e. The Kier molecular flexibility index (Phi) is 14.7. The number of likely N-dealkylation sites (tertiary alicyclic amines) is 1. The van der Waals surface area contributed by atoms with Gasteiger partial charge in [0.1, 0.15) is 28.9 Å². The smallest absolute Gasteiger partial charge is 0.449 e. The Hall–Kier alpha value is -4.09. The topological polar surface area (TPSA) is 131 Å². The van der Waals surface area contributed by atoms with Crippen LogP contribution >= 0.6 is 22.6 Å². The average molecular weight is 940 g/mol. The van der Waals surface area contributed by atoms with Crippen LogP contribution in [0.1, 0.15) is 106 Å². The summed E-state index contributed by atoms with van der Waals surface area (Å²) in [4.78, 5) is 39.2. The highest BCUT2D eigenvalue weighted by Crippen LogP contribution is 2.44. The minimum atomic E-state index is -4.63. The van der Waals surface area contributed by atoms with Gasteiger partial charge in [-0.3, -0.25) is 9.59 Å². The molecular weight excluding hydrogens is 886 g/mol. The number of carbonyl (C=O) groups excluding carboxylic acids is 3. The second-order valence-corrected chi connectivity index (χ2v) is 15.9. The number of piperidine rings is 2. The van der Waals surface area contributed by atoms with E-state index in [1.165, 1.54) is 37.3 Å². The Morgan fingerprint density at radius 2 is 1.32 bits per heavy atom. The third-order valence-electron chi connectivity index (χ3n) is 11.7. The van der Waals surface area contributed by atoms with Gasteiger partial charge < -0.3 is 30.1 Å². The van der Waals surface area contributed by atoms with Crippen molar-refractivity contribution >= 4 is 40.2 Å². The summed E-state index contributed by atoms with van der Waals surface area (Å²) in [5, 5.41) is 5.87. The number of aryl methyl sites for hydroxylation is 3. The summed E-state index contributed by atoms with van der Waals surface area (Å²) in [6.45, 7) is 8.32. The molecule has 4 aromatic rings. The lowest BCUT2D eigenvalue weighted by Gasteiger charge is -2.44. The molecular formula is C44H52F5IN4O5. The number of alkyl halides is 4. The summed E-state index contributed by atoms with van der Waals surface area (Å²) in [5.41, 5.74) is 9.14. The minimum absolute atomic E-state index is 0.0892. The van der Waals surface area contributed by atoms with Crippen molar-refractivity contribution in [3.63, 3.8) is 0 Å². The predicted molar refractivity (Wildman–Crippen MR) is 223 cm³/mol. The molecule has 4 heterocycles. The van der Waals surface area contributed by atoms with Crippen LogP contribution < -0.4 is 16.4 Å². The van der Waals surface area contributed by atoms with E-state index < -0.39 is 23.8 Å². The number of urea groups is 1. The molecule has 320 valence electrons. The number of Topliss-reactive ketones (excluding diaryl/α,β-unsaturated/α-hetero) is 2. The number of nitrogens with one attached hydrogen (secondary N) is 2. The van der Waals surface area contributed by atoms with E-state index in [4.69, 9.17) is 15.9 Å². The Balaban J connectivity index is 0.000000195. The van der Waals surface area contributed by atoms with Crippen molar-refractivity contribution in [3.05, 3.63) is 117 Å². The lowest BCUT2D eigenvalue weighted by Crippen LogP contribution is -2.49. The van der Waals surface area contributed by atoms with Crippen molar-refractivity contribution < 1.29 is 46.5 Å². The largest absolute Gasteiger partial charge is 0.466 e. The Bertz CT molecular complexity index is 2140. The van der Waals surface area contributed by atoms with Crippen LogP contribution in [0.25, 0.3) is 0 Å². The highest BCUT2D eigenvalue weighted by molar-refractivity contribution is 14.1. The highest BCUT2D eigenvalue weighted by Gasteiger charge is 2.43. The quantitative estimate of drug-likeness (QED) is 0.106. The van der Waals surface area contributed by atoms with Crippen LogP contribution in [0.2, 0.25) is 0 Å². The second kappa shape index (κ2) is 19.5. The van der Waals surface area contributed by atoms with E-state index in [2.05, 4.69) is 10.6 Å². The molecule has 2 aliphatic carbocycles. The van der Waals surface area contributed by atoms with Gasteiger partial charge in [0.15, 0.2) is 11.6 Å². The molecule has 0 atom stereocenters. The van der Waals surface area contributed by atoms with Crippen molar-refractivity contribution in [2.45, 2.75) is 91.4 Å². The number of nitrogens with two attached hydrogens (primary N) is 1. The van der Waals surface area contributed by atoms with Crippen molar-refractivity contribution in [3.8, 4) is 0 Å². The number of furan rings is 2. The lowest BCUT2D eigenvalue weighted by atomic mass is 9.66. The molecule has 4 aliphatic rings. The van der Waals surface area contributed by atoms with Crippen LogP contribution in [0.15, 0.2) is 57.4 Å². The molecule has 9 nitrogen and oxygen atoms in total. The Morgan fingerprint density at radius 1 is 0.831 bits per heavy atom. The first-order chi connectivity index (χ1) is 28.4. The number of fused-ring (bicyclic) bond motifs is 2. The van der Waals surface area contributed by atoms with Crippen LogP contribution in [-0.2, 0) is 32.1 Å². The summed E-state index contributed by atoms with van der Waals surface area (Å²) in [6.07, 6.45) is 1.14. The first kappa shape index (κ1) is 44.5. The van der Waals surface area contributed by atoms with Gasteiger partial charge in [0, 0.05) is 62.6 Å². The van der Waals surface area contributed by atoms with E-state index in [0.29, 0.717) is 67.8 Å². The summed E-state index contributed by atoms with van der Waals surface area (Å²) in [7, 11) is 0. The number of hydrogen-bond donors (Lipinski definition) is 3. The number of amides is 2. The normalized spacial score (nSPS) is 17.9. The summed E-state index contributed by atoms with van der Waals surface area (Å²) >= 11 is 1.96. The van der Waals surface area contributed by atoms with E-state index in [0.717, 1.165) is 60.6 Å². The van der Waals surface area contributed by atoms with E-state index in [1.54, 1.807) is 17.0 Å². The maximum absolute atomic E-state index is 13.5. The molecule has 2 saturated heterocycles. The zero-order chi connectivity index (χ0) is 43.8. The molecule has 2 spiro atoms. The fourth-order valence-corrected chi connectivity index (χ4v) is 8.68. The van der Waals surface area contributed by atoms with Crippen molar-refractivity contribution in [2.75, 3.05) is 31.1 Å². The van der Waals surface area contributed by atoms with E-state index in [9.17, 15) is 36.3 Å². The number of carbonyl (C=O) groups is 3. The SMILES string of the molecule is Cc1cc(CN)c(C)o1.Cc1cc(CNC(=O)N2CCC3(CC2)CC(=O)c2cc(F)ccc2C3)c(C(F)(F)F)o1.O=C1CC2(CCNCC2)Cc2ccc(F)cc21.[2H]CI. The van der Waals surface area contributed by atoms with Crippen LogP contribution in [0.3, 0.4) is 0 Å². The summed E-state index contributed by atoms with van der Waals surface area (Å²) in [5.74, 6) is 0.191. The molecule has 4 N–H and O–H groups in total. The number of hydrogen-bond acceptors (Lipinski definition) is 7. The standard InChI is InChI=1S/C22H22F4N2O3.C14H16FNO.C7H11NO.CH3I/c1-13-8-15(19(31-13)22(24,25)26)12-27-20(30)28-6-4-21(5-7-28)10-14-2-3-16(23)9-17(14)18(29)11-21;15-11-2-1-10-8-14(3-5-16-6-4-14)9-13(17)12(10)7-11;1-5-3-7(4-8)6(2)9-5;1-2/h2-3,8-9H,4-7,10-12H2,1H3,(H,27,30);1-2,7,16H,3-6,8-9H2;3H,4,8H2,1-2H3;1H3/i;;;1D. The highest BCUT2D eigenvalue weighted by atomic mass is 127. The Morgan fingerprint density at radius 3 is 1.78 bits per heavy atom. The maximum Gasteiger partial charge on any atom is 0.449 e. The van der Waals surface area contributed by atoms with Crippen LogP contribution in [0.5, 0.6) is 0 Å². The van der Waals surface area contributed by atoms with Crippen LogP contribution in [-0.4, -0.2) is 53.6 Å². The van der Waals surface area contributed by atoms with Gasteiger partial charge in [-0.05, 0) is 136 Å². The Labute approximate surface area is 356 Å². The number of halogens is 6. The van der Waals surface area contributed by atoms with Gasteiger partial charge in [-0.15, -0.1) is 0 Å². The molecule has 59 heavy (non-hydrogen) atoms. The number of benzene rings is 2. The molecule has 2 aromatic heterocycles. The maximum atomic E-state index is 13.5. The fourth-order valence-electron chi connectivity index (χ4n) is 8.68. The third-order valence-corrected chi connectivity index (χ3v) is 11.7. The third kappa shape index (κ3) is 11.4. The van der Waals surface area contributed by atoms with Gasteiger partial charge >= 0.3 is 12.2 Å². The zero-order valence-electron chi connectivity index (χ0n) is 34.6. The van der Waals surface area contributed by atoms with Gasteiger partial charge in [0.2, 0.25) is 5.76 Å². The van der Waals surface area contributed by atoms with E-state index in [1.807, 2.05) is 42.5 Å². The van der Waals surface area contributed by atoms with Gasteiger partial charge in [-0.2, -0.15) is 13.2 Å². The van der Waals surface area contributed by atoms with Gasteiger partial charge in [0.25, 0.3) is 0 Å². The fraction of sp³-hybridized carbons (Fsp3) is 0.477. The van der Waals surface area contributed by atoms with Crippen LogP contribution in [0, 0.1) is 43.2 Å². The van der Waals surface area contributed by atoms with Gasteiger partial charge in [0.05, 0.1) is 0 Å². The van der Waals surface area contributed by atoms with Crippen molar-refractivity contribution in [2.24, 2.45) is 16.6 Å². The molecule has 2 fully saturated rings. The number of ketones is 2. The number of rotatable bonds is 3. The molecule has 0 saturated carbocycles. The second-order valence-electron chi connectivity index (χ2n) is 15.9. The van der Waals surface area contributed by atoms with Crippen molar-refractivity contribution in [1.82, 2.24) is 15.5 Å². The molecule has 15 heteroatoms. The first-order valence-electron chi connectivity index (χ1n) is 20.3. The first-order valence-corrected chi connectivity index (χ1v) is 21.1. The monoisotopic (exact) mass is 939 g/mol. The van der Waals surface area contributed by atoms with Gasteiger partial charge in [-0.25, -0.2) is 13.6 Å². The molecule has 0 bridgehead atoms. The molecule has 0 radical (unpaired) electrons. The zero-order valence-corrected chi connectivity index (χ0v) is 35.7. The molecule has 2 aromatic carbocycles. The molecule has 8 rings (SSSR count).